The summed E-state index contributed by atoms with van der Waals surface area (Å²) in [5, 5.41) is 16.5. The van der Waals surface area contributed by atoms with Gasteiger partial charge in [0.05, 0.1) is 6.61 Å². The number of nitrogens with zero attached hydrogens (tertiary/aromatic N) is 2. The summed E-state index contributed by atoms with van der Waals surface area (Å²) in [4.78, 5) is 29.2. The highest BCUT2D eigenvalue weighted by Gasteiger charge is 2.21. The number of carbonyl (C=O) groups excluding carboxylic acids is 1. The molecule has 0 radical (unpaired) electrons. The largest absolute Gasteiger partial charge is 0.494 e. The van der Waals surface area contributed by atoms with Crippen molar-refractivity contribution in [3.05, 3.63) is 89.5 Å². The van der Waals surface area contributed by atoms with Crippen molar-refractivity contribution in [2.75, 3.05) is 6.61 Å². The molecule has 8 nitrogen and oxygen atoms in total. The molecule has 0 aliphatic heterocycles. The summed E-state index contributed by atoms with van der Waals surface area (Å²) >= 11 is 0. The molecule has 3 aromatic carbocycles. The Morgan fingerprint density at radius 2 is 1.55 bits per heavy atom. The fourth-order valence-corrected chi connectivity index (χ4v) is 4.80. The van der Waals surface area contributed by atoms with Gasteiger partial charge in [0.25, 0.3) is 11.8 Å². The summed E-state index contributed by atoms with van der Waals surface area (Å²) in [6.45, 7) is 9.22. The number of hydrogen-bond acceptors (Lipinski definition) is 6. The first kappa shape index (κ1) is 32.5. The third-order valence-electron chi connectivity index (χ3n) is 7.59. The number of rotatable bonds is 15. The molecule has 4 aromatic rings. The molecule has 0 aliphatic rings. The minimum Gasteiger partial charge on any atom is -0.494 e. The van der Waals surface area contributed by atoms with Crippen molar-refractivity contribution in [3.8, 4) is 28.6 Å². The molecule has 44 heavy (non-hydrogen) atoms. The van der Waals surface area contributed by atoms with E-state index < -0.39 is 17.9 Å². The van der Waals surface area contributed by atoms with Crippen LogP contribution in [0.1, 0.15) is 87.7 Å². The Hall–Kier alpha value is -4.46. The molecule has 1 amide bonds. The Morgan fingerprint density at radius 3 is 2.18 bits per heavy atom. The lowest BCUT2D eigenvalue weighted by molar-refractivity contribution is -0.139. The van der Waals surface area contributed by atoms with Gasteiger partial charge in [-0.1, -0.05) is 94.9 Å². The van der Waals surface area contributed by atoms with Gasteiger partial charge < -0.3 is 19.7 Å². The molecule has 1 aromatic heterocycles. The quantitative estimate of drug-likeness (QED) is 0.134. The summed E-state index contributed by atoms with van der Waals surface area (Å²) in [5.41, 5.74) is 4.04. The number of carboxylic acids is 1. The van der Waals surface area contributed by atoms with Crippen LogP contribution in [0.15, 0.2) is 77.3 Å². The van der Waals surface area contributed by atoms with Gasteiger partial charge in [0.1, 0.15) is 11.8 Å². The maximum atomic E-state index is 12.7. The zero-order chi connectivity index (χ0) is 31.5. The number of hydrogen-bond donors (Lipinski definition) is 2. The minimum atomic E-state index is -1.07. The van der Waals surface area contributed by atoms with Gasteiger partial charge in [-0.15, -0.1) is 0 Å². The molecule has 232 valence electrons. The second-order valence-electron chi connectivity index (χ2n) is 12.1. The maximum Gasteiger partial charge on any atom is 0.326 e. The van der Waals surface area contributed by atoms with Gasteiger partial charge in [0.15, 0.2) is 0 Å². The van der Waals surface area contributed by atoms with Crippen LogP contribution in [0.4, 0.5) is 0 Å². The number of aliphatic carboxylic acids is 1. The van der Waals surface area contributed by atoms with Gasteiger partial charge in [0.2, 0.25) is 5.82 Å². The number of aromatic nitrogens is 2. The highest BCUT2D eigenvalue weighted by Crippen LogP contribution is 2.25. The Kier molecular flexibility index (Phi) is 11.3. The Bertz CT molecular complexity index is 1490. The van der Waals surface area contributed by atoms with Crippen LogP contribution in [0.2, 0.25) is 0 Å². The predicted octanol–water partition coefficient (Wildman–Crippen LogP) is 7.87. The zero-order valence-electron chi connectivity index (χ0n) is 26.1. The van der Waals surface area contributed by atoms with Crippen LogP contribution in [-0.2, 0) is 16.6 Å². The first-order chi connectivity index (χ1) is 21.1. The van der Waals surface area contributed by atoms with Gasteiger partial charge in [-0.05, 0) is 72.2 Å². The van der Waals surface area contributed by atoms with Crippen LogP contribution in [0.5, 0.6) is 5.75 Å². The molecule has 0 saturated heterocycles. The first-order valence-electron chi connectivity index (χ1n) is 15.4. The highest BCUT2D eigenvalue weighted by atomic mass is 16.5. The average molecular weight is 598 g/mol. The maximum absolute atomic E-state index is 12.7. The number of benzene rings is 3. The first-order valence-corrected chi connectivity index (χ1v) is 15.4. The van der Waals surface area contributed by atoms with Crippen molar-refractivity contribution in [2.24, 2.45) is 0 Å². The van der Waals surface area contributed by atoms with E-state index in [0.29, 0.717) is 30.3 Å². The van der Waals surface area contributed by atoms with E-state index in [9.17, 15) is 14.7 Å². The Balaban J connectivity index is 1.29. The van der Waals surface area contributed by atoms with Gasteiger partial charge in [-0.2, -0.15) is 4.98 Å². The smallest absolute Gasteiger partial charge is 0.326 e. The summed E-state index contributed by atoms with van der Waals surface area (Å²) in [7, 11) is 0. The van der Waals surface area contributed by atoms with E-state index in [0.717, 1.165) is 34.4 Å². The lowest BCUT2D eigenvalue weighted by Crippen LogP contribution is -2.41. The molecule has 1 heterocycles. The third-order valence-corrected chi connectivity index (χ3v) is 7.59. The Morgan fingerprint density at radius 1 is 0.886 bits per heavy atom. The monoisotopic (exact) mass is 597 g/mol. The van der Waals surface area contributed by atoms with E-state index in [4.69, 9.17) is 9.26 Å². The van der Waals surface area contributed by atoms with E-state index in [1.807, 2.05) is 60.7 Å². The van der Waals surface area contributed by atoms with Crippen molar-refractivity contribution < 1.29 is 24.0 Å². The van der Waals surface area contributed by atoms with E-state index in [2.05, 4.69) is 43.2 Å². The molecule has 0 fully saturated rings. The number of nitrogens with one attached hydrogen (secondary N) is 1. The number of ether oxygens (including phenoxy) is 1. The summed E-state index contributed by atoms with van der Waals surface area (Å²) in [6.07, 6.45) is 6.73. The van der Waals surface area contributed by atoms with Crippen LogP contribution >= 0.6 is 0 Å². The second-order valence-corrected chi connectivity index (χ2v) is 12.1. The SMILES string of the molecule is CCCCCCCOc1ccc(-c2nc(-c3ccc(CC[C@H](NC(=O)c4ccc(C(C)(C)C)cc4)C(=O)O)cc3)no2)cc1. The summed E-state index contributed by atoms with van der Waals surface area (Å²) < 4.78 is 11.3. The standard InChI is InChI=1S/C36H43N3O5/c1-5-6-7-8-9-24-43-30-21-17-28(18-22-30)34-38-32(39-44-34)26-13-10-25(11-14-26)12-23-31(35(41)42)37-33(40)27-15-19-29(20-16-27)36(2,3)4/h10-11,13-22,31H,5-9,12,23-24H2,1-4H3,(H,37,40)(H,41,42)/t31-/m0/s1. The highest BCUT2D eigenvalue weighted by molar-refractivity contribution is 5.96. The number of aryl methyl sites for hydroxylation is 1. The van der Waals surface area contributed by atoms with Gasteiger partial charge >= 0.3 is 5.97 Å². The van der Waals surface area contributed by atoms with Crippen molar-refractivity contribution in [2.45, 2.75) is 84.1 Å². The zero-order valence-corrected chi connectivity index (χ0v) is 26.1. The fraction of sp³-hybridized carbons (Fsp3) is 0.389. The van der Waals surface area contributed by atoms with Crippen molar-refractivity contribution in [3.63, 3.8) is 0 Å². The van der Waals surface area contributed by atoms with Crippen LogP contribution in [0.3, 0.4) is 0 Å². The number of carboxylic acid groups (broad SMARTS) is 1. The molecule has 1 atom stereocenters. The molecule has 0 saturated carbocycles. The van der Waals surface area contributed by atoms with Crippen LogP contribution < -0.4 is 10.1 Å². The summed E-state index contributed by atoms with van der Waals surface area (Å²) in [6, 6.07) is 21.5. The number of amides is 1. The predicted molar refractivity (Wildman–Crippen MR) is 172 cm³/mol. The molecule has 8 heteroatoms. The van der Waals surface area contributed by atoms with Gasteiger partial charge in [0, 0.05) is 16.7 Å². The molecule has 0 spiro atoms. The minimum absolute atomic E-state index is 0.0328. The van der Waals surface area contributed by atoms with Crippen molar-refractivity contribution in [1.29, 1.82) is 0 Å². The molecule has 0 unspecified atom stereocenters. The average Bonchev–Trinajstić information content (AvgIpc) is 3.51. The van der Waals surface area contributed by atoms with Crippen molar-refractivity contribution in [1.82, 2.24) is 15.5 Å². The van der Waals surface area contributed by atoms with E-state index in [-0.39, 0.29) is 11.8 Å². The molecule has 0 bridgehead atoms. The summed E-state index contributed by atoms with van der Waals surface area (Å²) in [5.74, 6) is 0.234. The molecule has 2 N–H and O–H groups in total. The topological polar surface area (TPSA) is 115 Å². The molecular formula is C36H43N3O5. The molecule has 4 rings (SSSR count). The number of carbonyl (C=O) groups is 2. The lowest BCUT2D eigenvalue weighted by Gasteiger charge is -2.19. The van der Waals surface area contributed by atoms with E-state index >= 15 is 0 Å². The van der Waals surface area contributed by atoms with Crippen LogP contribution in [0, 0.1) is 0 Å². The Labute approximate surface area is 259 Å². The normalized spacial score (nSPS) is 12.1. The van der Waals surface area contributed by atoms with Crippen LogP contribution in [-0.4, -0.2) is 39.8 Å². The van der Waals surface area contributed by atoms with Gasteiger partial charge in [-0.25, -0.2) is 4.79 Å². The fourth-order valence-electron chi connectivity index (χ4n) is 4.80. The van der Waals surface area contributed by atoms with Crippen LogP contribution in [0.25, 0.3) is 22.8 Å². The second kappa shape index (κ2) is 15.3. The van der Waals surface area contributed by atoms with E-state index in [1.165, 1.54) is 25.7 Å². The number of unbranched alkanes of at least 4 members (excludes halogenated alkanes) is 4. The molecule has 0 aliphatic carbocycles. The third kappa shape index (κ3) is 9.27. The molecular weight excluding hydrogens is 554 g/mol. The van der Waals surface area contributed by atoms with E-state index in [1.54, 1.807) is 12.1 Å². The van der Waals surface area contributed by atoms with Gasteiger partial charge in [-0.3, -0.25) is 4.79 Å². The van der Waals surface area contributed by atoms with Crippen molar-refractivity contribution >= 4 is 11.9 Å². The lowest BCUT2D eigenvalue weighted by atomic mass is 9.86.